The number of fused-ring (bicyclic) bond motifs is 1. The molecule has 1 aliphatic carbocycles. The Morgan fingerprint density at radius 1 is 1.14 bits per heavy atom. The lowest BCUT2D eigenvalue weighted by Crippen LogP contribution is -2.36. The quantitative estimate of drug-likeness (QED) is 0.579. The minimum atomic E-state index is -0.184. The minimum Gasteiger partial charge on any atom is -0.490 e. The van der Waals surface area contributed by atoms with Crippen molar-refractivity contribution < 1.29 is 14.3 Å². The average molecular weight is 477 g/mol. The fourth-order valence-corrected chi connectivity index (χ4v) is 5.03. The van der Waals surface area contributed by atoms with Gasteiger partial charge in [0.25, 0.3) is 5.91 Å². The highest BCUT2D eigenvalue weighted by atomic mass is 16.5. The van der Waals surface area contributed by atoms with Crippen LogP contribution in [0.25, 0.3) is 10.9 Å². The Kier molecular flexibility index (Phi) is 7.03. The van der Waals surface area contributed by atoms with Crippen LogP contribution in [0.15, 0.2) is 30.7 Å². The van der Waals surface area contributed by atoms with Crippen molar-refractivity contribution >= 4 is 22.5 Å². The largest absolute Gasteiger partial charge is 0.490 e. The number of ether oxygens (including phenoxy) is 2. The molecule has 1 aliphatic heterocycles. The summed E-state index contributed by atoms with van der Waals surface area (Å²) in [4.78, 5) is 32.0. The molecule has 2 aromatic heterocycles. The van der Waals surface area contributed by atoms with Crippen LogP contribution in [0.2, 0.25) is 0 Å². The van der Waals surface area contributed by atoms with Gasteiger partial charge in [-0.1, -0.05) is 0 Å². The SMILES string of the molecule is CNC(=O)c1ccnc(CC2CCC(Oc3cc(N4CCOCC4)cc4ncnc(C)c34)CC2)n1. The van der Waals surface area contributed by atoms with Gasteiger partial charge in [0, 0.05) is 44.5 Å². The number of rotatable bonds is 6. The first-order valence-electron chi connectivity index (χ1n) is 12.4. The summed E-state index contributed by atoms with van der Waals surface area (Å²) in [5.41, 5.74) is 3.38. The molecule has 1 amide bonds. The molecule has 0 radical (unpaired) electrons. The van der Waals surface area contributed by atoms with Gasteiger partial charge in [-0.25, -0.2) is 19.9 Å². The standard InChI is InChI=1S/C26H32N6O3/c1-17-25-22(30-16-29-17)14-19(32-9-11-34-12-10-32)15-23(25)35-20-5-3-18(4-6-20)13-24-28-8-7-21(31-24)26(33)27-2/h7-8,14-16,18,20H,3-6,9-13H2,1-2H3,(H,27,33). The Bertz CT molecular complexity index is 1190. The van der Waals surface area contributed by atoms with E-state index in [-0.39, 0.29) is 12.0 Å². The summed E-state index contributed by atoms with van der Waals surface area (Å²) in [6.45, 7) is 5.20. The third kappa shape index (κ3) is 5.35. The van der Waals surface area contributed by atoms with Crippen LogP contribution in [0.1, 0.15) is 47.7 Å². The van der Waals surface area contributed by atoms with Gasteiger partial charge in [-0.3, -0.25) is 4.79 Å². The molecular weight excluding hydrogens is 444 g/mol. The Labute approximate surface area is 205 Å². The van der Waals surface area contributed by atoms with E-state index in [1.807, 2.05) is 6.92 Å². The molecular formula is C26H32N6O3. The maximum absolute atomic E-state index is 11.9. The van der Waals surface area contributed by atoms with Crippen LogP contribution < -0.4 is 15.0 Å². The molecule has 0 spiro atoms. The molecule has 5 rings (SSSR count). The molecule has 2 aliphatic rings. The van der Waals surface area contributed by atoms with Gasteiger partial charge in [-0.15, -0.1) is 0 Å². The second-order valence-corrected chi connectivity index (χ2v) is 9.30. The summed E-state index contributed by atoms with van der Waals surface area (Å²) in [5, 5.41) is 3.61. The first kappa shape index (κ1) is 23.4. The van der Waals surface area contributed by atoms with E-state index >= 15 is 0 Å². The molecule has 0 bridgehead atoms. The van der Waals surface area contributed by atoms with E-state index in [0.29, 0.717) is 11.6 Å². The van der Waals surface area contributed by atoms with E-state index in [1.165, 1.54) is 0 Å². The van der Waals surface area contributed by atoms with E-state index in [0.717, 1.165) is 92.3 Å². The number of amides is 1. The molecule has 9 heteroatoms. The summed E-state index contributed by atoms with van der Waals surface area (Å²) < 4.78 is 12.2. The molecule has 35 heavy (non-hydrogen) atoms. The van der Waals surface area contributed by atoms with Crippen LogP contribution in [0.4, 0.5) is 5.69 Å². The summed E-state index contributed by atoms with van der Waals surface area (Å²) in [6.07, 6.45) is 8.22. The zero-order valence-corrected chi connectivity index (χ0v) is 20.4. The molecule has 1 aromatic carbocycles. The number of benzene rings is 1. The van der Waals surface area contributed by atoms with Crippen LogP contribution >= 0.6 is 0 Å². The zero-order chi connectivity index (χ0) is 24.2. The van der Waals surface area contributed by atoms with Gasteiger partial charge < -0.3 is 19.7 Å². The topological polar surface area (TPSA) is 102 Å². The monoisotopic (exact) mass is 476 g/mol. The number of hydrogen-bond acceptors (Lipinski definition) is 8. The summed E-state index contributed by atoms with van der Waals surface area (Å²) in [5.74, 6) is 1.90. The number of hydrogen-bond donors (Lipinski definition) is 1. The first-order chi connectivity index (χ1) is 17.1. The Hall–Kier alpha value is -3.33. The molecule has 3 aromatic rings. The Morgan fingerprint density at radius 3 is 2.71 bits per heavy atom. The molecule has 1 saturated heterocycles. The molecule has 9 nitrogen and oxygen atoms in total. The Balaban J connectivity index is 1.28. The van der Waals surface area contributed by atoms with Gasteiger partial charge in [0.1, 0.15) is 23.6 Å². The van der Waals surface area contributed by atoms with Gasteiger partial charge >= 0.3 is 0 Å². The van der Waals surface area contributed by atoms with Crippen molar-refractivity contribution in [3.8, 4) is 5.75 Å². The highest BCUT2D eigenvalue weighted by Crippen LogP contribution is 2.36. The van der Waals surface area contributed by atoms with Crippen LogP contribution in [-0.4, -0.2) is 65.3 Å². The van der Waals surface area contributed by atoms with Crippen LogP contribution in [0.3, 0.4) is 0 Å². The minimum absolute atomic E-state index is 0.145. The van der Waals surface area contributed by atoms with E-state index in [2.05, 4.69) is 42.3 Å². The maximum Gasteiger partial charge on any atom is 0.269 e. The van der Waals surface area contributed by atoms with Crippen molar-refractivity contribution in [3.63, 3.8) is 0 Å². The van der Waals surface area contributed by atoms with E-state index in [9.17, 15) is 4.79 Å². The molecule has 2 fully saturated rings. The normalized spacial score (nSPS) is 20.6. The second kappa shape index (κ2) is 10.5. The maximum atomic E-state index is 11.9. The molecule has 0 atom stereocenters. The lowest BCUT2D eigenvalue weighted by atomic mass is 9.85. The first-order valence-corrected chi connectivity index (χ1v) is 12.4. The average Bonchev–Trinajstić information content (AvgIpc) is 2.90. The highest BCUT2D eigenvalue weighted by molar-refractivity contribution is 5.92. The van der Waals surface area contributed by atoms with Crippen LogP contribution in [-0.2, 0) is 11.2 Å². The molecule has 0 unspecified atom stereocenters. The van der Waals surface area contributed by atoms with Crippen molar-refractivity contribution in [3.05, 3.63) is 47.9 Å². The number of anilines is 1. The van der Waals surface area contributed by atoms with Crippen LogP contribution in [0, 0.1) is 12.8 Å². The number of carbonyl (C=O) groups is 1. The predicted octanol–water partition coefficient (Wildman–Crippen LogP) is 3.10. The van der Waals surface area contributed by atoms with Gasteiger partial charge in [0.2, 0.25) is 0 Å². The van der Waals surface area contributed by atoms with Gasteiger partial charge in [0.15, 0.2) is 0 Å². The van der Waals surface area contributed by atoms with Crippen molar-refractivity contribution in [2.45, 2.75) is 45.1 Å². The number of nitrogens with zero attached hydrogens (tertiary/aromatic N) is 5. The van der Waals surface area contributed by atoms with Crippen molar-refractivity contribution in [1.82, 2.24) is 25.3 Å². The Morgan fingerprint density at radius 2 is 1.94 bits per heavy atom. The predicted molar refractivity (Wildman–Crippen MR) is 133 cm³/mol. The number of morpholine rings is 1. The summed E-state index contributed by atoms with van der Waals surface area (Å²) in [7, 11) is 1.61. The second-order valence-electron chi connectivity index (χ2n) is 9.30. The smallest absolute Gasteiger partial charge is 0.269 e. The number of aromatic nitrogens is 4. The van der Waals surface area contributed by atoms with E-state index in [1.54, 1.807) is 25.6 Å². The van der Waals surface area contributed by atoms with Crippen molar-refractivity contribution in [2.24, 2.45) is 5.92 Å². The molecule has 1 saturated carbocycles. The van der Waals surface area contributed by atoms with Crippen LogP contribution in [0.5, 0.6) is 5.75 Å². The highest BCUT2D eigenvalue weighted by Gasteiger charge is 2.25. The van der Waals surface area contributed by atoms with Gasteiger partial charge in [-0.05, 0) is 50.7 Å². The lowest BCUT2D eigenvalue weighted by molar-refractivity contribution is 0.0957. The lowest BCUT2D eigenvalue weighted by Gasteiger charge is -2.31. The van der Waals surface area contributed by atoms with Gasteiger partial charge in [0.05, 0.1) is 35.9 Å². The van der Waals surface area contributed by atoms with Crippen molar-refractivity contribution in [1.29, 1.82) is 0 Å². The summed E-state index contributed by atoms with van der Waals surface area (Å²) in [6, 6.07) is 5.92. The molecule has 184 valence electrons. The number of nitrogens with one attached hydrogen (secondary N) is 1. The number of carbonyl (C=O) groups excluding carboxylic acids is 1. The molecule has 1 N–H and O–H groups in total. The fraction of sp³-hybridized carbons (Fsp3) is 0.500. The summed E-state index contributed by atoms with van der Waals surface area (Å²) >= 11 is 0. The zero-order valence-electron chi connectivity index (χ0n) is 20.4. The molecule has 3 heterocycles. The van der Waals surface area contributed by atoms with E-state index < -0.39 is 0 Å². The number of aryl methyl sites for hydroxylation is 1. The third-order valence-corrected chi connectivity index (χ3v) is 6.98. The fourth-order valence-electron chi connectivity index (χ4n) is 5.03. The van der Waals surface area contributed by atoms with Gasteiger partial charge in [-0.2, -0.15) is 0 Å². The van der Waals surface area contributed by atoms with Crippen molar-refractivity contribution in [2.75, 3.05) is 38.3 Å². The third-order valence-electron chi connectivity index (χ3n) is 6.98. The van der Waals surface area contributed by atoms with E-state index in [4.69, 9.17) is 9.47 Å².